The lowest BCUT2D eigenvalue weighted by atomic mass is 9.67. The second kappa shape index (κ2) is 16.2. The third-order valence-corrected chi connectivity index (χ3v) is 17.6. The molecule has 2 heteroatoms. The van der Waals surface area contributed by atoms with E-state index in [1.54, 1.807) is 0 Å². The third kappa shape index (κ3) is 5.65. The maximum Gasteiger partial charge on any atom is 0.136 e. The Labute approximate surface area is 450 Å². The van der Waals surface area contributed by atoms with Gasteiger partial charge in [0.1, 0.15) is 22.3 Å². The molecule has 2 heterocycles. The first-order valence-electron chi connectivity index (χ1n) is 27.1. The van der Waals surface area contributed by atoms with Crippen LogP contribution in [0.15, 0.2) is 288 Å². The monoisotopic (exact) mass is 990 g/mol. The van der Waals surface area contributed by atoms with E-state index in [1.807, 2.05) is 0 Å². The van der Waals surface area contributed by atoms with E-state index >= 15 is 0 Å². The molecule has 0 radical (unpaired) electrons. The Morgan fingerprint density at radius 1 is 0.218 bits per heavy atom. The minimum Gasteiger partial charge on any atom is -0.456 e. The van der Waals surface area contributed by atoms with Crippen molar-refractivity contribution in [1.29, 1.82) is 0 Å². The molecule has 0 N–H and O–H groups in total. The van der Waals surface area contributed by atoms with Crippen molar-refractivity contribution in [2.75, 3.05) is 0 Å². The molecule has 15 aromatic rings. The lowest BCUT2D eigenvalue weighted by molar-refractivity contribution is 0.668. The van der Waals surface area contributed by atoms with Crippen molar-refractivity contribution in [2.45, 2.75) is 10.8 Å². The molecule has 0 saturated heterocycles. The summed E-state index contributed by atoms with van der Waals surface area (Å²) in [6.45, 7) is 0. The first-order valence-corrected chi connectivity index (χ1v) is 27.1. The fourth-order valence-corrected chi connectivity index (χ4v) is 14.7. The van der Waals surface area contributed by atoms with Gasteiger partial charge in [-0.25, -0.2) is 0 Å². The van der Waals surface area contributed by atoms with E-state index in [2.05, 4.69) is 279 Å². The zero-order valence-corrected chi connectivity index (χ0v) is 42.4. The number of hydrogen-bond acceptors (Lipinski definition) is 2. The van der Waals surface area contributed by atoms with Gasteiger partial charge in [-0.3, -0.25) is 0 Å². The average molecular weight is 991 g/mol. The van der Waals surface area contributed by atoms with Crippen molar-refractivity contribution >= 4 is 65.4 Å². The minimum absolute atomic E-state index is 0.517. The third-order valence-electron chi connectivity index (χ3n) is 17.6. The Hall–Kier alpha value is -10.0. The molecule has 13 aromatic carbocycles. The van der Waals surface area contributed by atoms with E-state index in [9.17, 15) is 0 Å². The first-order chi connectivity index (χ1) is 38.7. The van der Waals surface area contributed by atoms with Crippen LogP contribution in [0.25, 0.3) is 110 Å². The summed E-state index contributed by atoms with van der Waals surface area (Å²) in [6.07, 6.45) is 0. The van der Waals surface area contributed by atoms with Gasteiger partial charge in [-0.2, -0.15) is 0 Å². The fourth-order valence-electron chi connectivity index (χ4n) is 14.7. The molecule has 2 nitrogen and oxygen atoms in total. The predicted octanol–water partition coefficient (Wildman–Crippen LogP) is 19.9. The predicted molar refractivity (Wildman–Crippen MR) is 321 cm³/mol. The highest BCUT2D eigenvalue weighted by molar-refractivity contribution is 6.24. The van der Waals surface area contributed by atoms with Gasteiger partial charge in [0.15, 0.2) is 0 Å². The maximum absolute atomic E-state index is 6.87. The Kier molecular flexibility index (Phi) is 9.01. The largest absolute Gasteiger partial charge is 0.456 e. The van der Waals surface area contributed by atoms with Crippen LogP contribution in [-0.4, -0.2) is 0 Å². The van der Waals surface area contributed by atoms with Crippen molar-refractivity contribution in [1.82, 2.24) is 0 Å². The molecule has 0 unspecified atom stereocenters. The van der Waals surface area contributed by atoms with Crippen LogP contribution in [0.3, 0.4) is 0 Å². The number of benzene rings is 13. The van der Waals surface area contributed by atoms with Gasteiger partial charge >= 0.3 is 0 Å². The average Bonchev–Trinajstić information content (AvgIpc) is 4.42. The van der Waals surface area contributed by atoms with Crippen molar-refractivity contribution in [3.63, 3.8) is 0 Å². The number of furan rings is 2. The molecule has 362 valence electrons. The molecule has 0 atom stereocenters. The lowest BCUT2D eigenvalue weighted by Crippen LogP contribution is -2.28. The molecule has 0 bridgehead atoms. The Bertz CT molecular complexity index is 4500. The molecule has 17 rings (SSSR count). The van der Waals surface area contributed by atoms with Crippen molar-refractivity contribution in [3.05, 3.63) is 324 Å². The van der Waals surface area contributed by atoms with Crippen LogP contribution >= 0.6 is 0 Å². The van der Waals surface area contributed by atoms with Gasteiger partial charge in [-0.15, -0.1) is 0 Å². The summed E-state index contributed by atoms with van der Waals surface area (Å²) in [6, 6.07) is 103. The van der Waals surface area contributed by atoms with Crippen LogP contribution in [0, 0.1) is 0 Å². The molecule has 2 aliphatic rings. The Morgan fingerprint density at radius 3 is 0.885 bits per heavy atom. The number of rotatable bonds is 6. The van der Waals surface area contributed by atoms with Crippen LogP contribution in [0.2, 0.25) is 0 Å². The van der Waals surface area contributed by atoms with Crippen LogP contribution in [0.1, 0.15) is 44.5 Å². The van der Waals surface area contributed by atoms with Gasteiger partial charge < -0.3 is 8.83 Å². The van der Waals surface area contributed by atoms with E-state index in [1.165, 1.54) is 99.4 Å². The van der Waals surface area contributed by atoms with E-state index in [0.29, 0.717) is 0 Å². The minimum atomic E-state index is -0.517. The summed E-state index contributed by atoms with van der Waals surface area (Å²) in [5, 5.41) is 9.31. The molecule has 0 saturated carbocycles. The first kappa shape index (κ1) is 43.2. The van der Waals surface area contributed by atoms with E-state index in [0.717, 1.165) is 55.0 Å². The van der Waals surface area contributed by atoms with Gasteiger partial charge in [-0.1, -0.05) is 243 Å². The normalized spacial score (nSPS) is 13.8. The highest BCUT2D eigenvalue weighted by atomic mass is 16.3. The summed E-state index contributed by atoms with van der Waals surface area (Å²) in [5.41, 5.74) is 22.2. The zero-order chi connectivity index (χ0) is 51.1. The quantitative estimate of drug-likeness (QED) is 0.155. The van der Waals surface area contributed by atoms with E-state index in [-0.39, 0.29) is 0 Å². The van der Waals surface area contributed by atoms with Crippen LogP contribution in [0.5, 0.6) is 0 Å². The number of hydrogen-bond donors (Lipinski definition) is 0. The highest BCUT2D eigenvalue weighted by Crippen LogP contribution is 2.61. The van der Waals surface area contributed by atoms with Crippen LogP contribution in [0.4, 0.5) is 0 Å². The maximum atomic E-state index is 6.87. The molecule has 78 heavy (non-hydrogen) atoms. The van der Waals surface area contributed by atoms with Gasteiger partial charge in [0, 0.05) is 21.5 Å². The van der Waals surface area contributed by atoms with Gasteiger partial charge in [0.05, 0.1) is 10.8 Å². The molecule has 0 fully saturated rings. The summed E-state index contributed by atoms with van der Waals surface area (Å²) in [7, 11) is 0. The van der Waals surface area contributed by atoms with Crippen molar-refractivity contribution in [2.24, 2.45) is 0 Å². The summed E-state index contributed by atoms with van der Waals surface area (Å²) in [4.78, 5) is 0. The van der Waals surface area contributed by atoms with E-state index < -0.39 is 10.8 Å². The lowest BCUT2D eigenvalue weighted by Gasteiger charge is -2.33. The van der Waals surface area contributed by atoms with Gasteiger partial charge in [-0.05, 0) is 147 Å². The highest BCUT2D eigenvalue weighted by Gasteiger charge is 2.48. The molecule has 0 spiro atoms. The zero-order valence-electron chi connectivity index (χ0n) is 42.4. The van der Waals surface area contributed by atoms with E-state index in [4.69, 9.17) is 8.83 Å². The van der Waals surface area contributed by atoms with Crippen LogP contribution < -0.4 is 0 Å². The fraction of sp³-hybridized carbons (Fsp3) is 0.0263. The van der Waals surface area contributed by atoms with Crippen molar-refractivity contribution < 1.29 is 8.83 Å². The summed E-state index contributed by atoms with van der Waals surface area (Å²) in [5.74, 6) is 0. The standard InChI is InChI=1S/C76H46O2/c1-5-21-49(22-6-1)75(50-23-7-2-8-24-50)61-35-19-17-33-57(61)71-63(75)39-43-67-73(71)59-45-47(37-41-65(59)77-67)69-53-29-13-15-31-55(53)70(56-32-16-14-30-54(56)69)48-38-42-66-60(46-48)74-68(78-66)44-40-64-72(74)58-34-18-20-36-62(58)76(64,51-25-9-3-10-26-51)52-27-11-4-12-28-52/h1-46H. The molecule has 2 aromatic heterocycles. The topological polar surface area (TPSA) is 26.3 Å². The Balaban J connectivity index is 0.894. The Morgan fingerprint density at radius 2 is 0.526 bits per heavy atom. The van der Waals surface area contributed by atoms with Crippen molar-refractivity contribution in [3.8, 4) is 44.5 Å². The second-order valence-corrected chi connectivity index (χ2v) is 21.2. The molecule has 2 aliphatic carbocycles. The summed E-state index contributed by atoms with van der Waals surface area (Å²) >= 11 is 0. The molecule has 0 aliphatic heterocycles. The van der Waals surface area contributed by atoms with Crippen LogP contribution in [-0.2, 0) is 10.8 Å². The number of fused-ring (bicyclic) bond motifs is 16. The SMILES string of the molecule is c1ccc(C2(c3ccccc3)c3ccccc3-c3c2ccc2oc4ccc(-c5c6ccccc6c(-c6ccc7oc8ccc9c(c8c7c6)-c6ccccc6C9(c6ccccc6)c6ccccc6)c6ccccc56)cc4c32)cc1. The van der Waals surface area contributed by atoms with Gasteiger partial charge in [0.2, 0.25) is 0 Å². The molecule has 0 amide bonds. The van der Waals surface area contributed by atoms with Gasteiger partial charge in [0.25, 0.3) is 0 Å². The molecular formula is C76H46O2. The second-order valence-electron chi connectivity index (χ2n) is 21.2. The molecular weight excluding hydrogens is 945 g/mol. The smallest absolute Gasteiger partial charge is 0.136 e. The summed E-state index contributed by atoms with van der Waals surface area (Å²) < 4.78 is 13.7.